The predicted molar refractivity (Wildman–Crippen MR) is 142 cm³/mol. The summed E-state index contributed by atoms with van der Waals surface area (Å²) in [6.45, 7) is 3.18. The average molecular weight is 589 g/mol. The van der Waals surface area contributed by atoms with Gasteiger partial charge in [0.2, 0.25) is 5.91 Å². The van der Waals surface area contributed by atoms with Crippen LogP contribution in [-0.4, -0.2) is 49.6 Å². The van der Waals surface area contributed by atoms with Crippen LogP contribution >= 0.6 is 11.6 Å². The Morgan fingerprint density at radius 3 is 2.51 bits per heavy atom. The number of halogens is 4. The number of likely N-dealkylation sites (tertiary alicyclic amines) is 1. The van der Waals surface area contributed by atoms with E-state index in [0.717, 1.165) is 18.9 Å². The first-order valence-corrected chi connectivity index (χ1v) is 14.6. The molecule has 13 heteroatoms. The second-order valence-electron chi connectivity index (χ2n) is 9.49. The standard InChI is InChI=1S/C26H32ClF3N4O4S/c1-3-39(37,38)22-10-9-20(27)12-19(22)14-32-25(36)17-7-8-18(21(13-17)26(28,29)30)15-34-11-5-4-6-23(34)33-24(35)16(2)31/h7-10,12-13,16,23H,3-6,11,14-15,31H2,1-2H3,(H,32,36)(H,33,35)/t16-,23-/m1/s1. The Morgan fingerprint density at radius 1 is 1.15 bits per heavy atom. The van der Waals surface area contributed by atoms with Crippen molar-refractivity contribution in [2.45, 2.75) is 69.5 Å². The van der Waals surface area contributed by atoms with E-state index in [1.807, 2.05) is 0 Å². The Kier molecular flexibility index (Phi) is 10.0. The summed E-state index contributed by atoms with van der Waals surface area (Å²) in [5, 5.41) is 5.55. The lowest BCUT2D eigenvalue weighted by atomic mass is 10.00. The molecule has 8 nitrogen and oxygen atoms in total. The average Bonchev–Trinajstić information content (AvgIpc) is 2.87. The molecule has 2 aromatic carbocycles. The summed E-state index contributed by atoms with van der Waals surface area (Å²) in [4.78, 5) is 26.7. The molecule has 214 valence electrons. The highest BCUT2D eigenvalue weighted by molar-refractivity contribution is 7.91. The van der Waals surface area contributed by atoms with Crippen LogP contribution in [0, 0.1) is 0 Å². The Bertz CT molecular complexity index is 1320. The van der Waals surface area contributed by atoms with Gasteiger partial charge in [0.1, 0.15) is 0 Å². The van der Waals surface area contributed by atoms with Crippen LogP contribution in [0.2, 0.25) is 5.02 Å². The summed E-state index contributed by atoms with van der Waals surface area (Å²) < 4.78 is 67.0. The van der Waals surface area contributed by atoms with Crippen molar-refractivity contribution in [1.82, 2.24) is 15.5 Å². The highest BCUT2D eigenvalue weighted by atomic mass is 35.5. The number of hydrogen-bond donors (Lipinski definition) is 3. The molecule has 0 aliphatic carbocycles. The first-order valence-electron chi connectivity index (χ1n) is 12.5. The van der Waals surface area contributed by atoms with Gasteiger partial charge in [-0.2, -0.15) is 13.2 Å². The minimum atomic E-state index is -4.73. The number of nitrogens with one attached hydrogen (secondary N) is 2. The van der Waals surface area contributed by atoms with Crippen LogP contribution in [0.15, 0.2) is 41.3 Å². The van der Waals surface area contributed by atoms with Crippen LogP contribution in [0.3, 0.4) is 0 Å². The molecular weight excluding hydrogens is 557 g/mol. The molecule has 0 unspecified atom stereocenters. The zero-order valence-electron chi connectivity index (χ0n) is 21.6. The van der Waals surface area contributed by atoms with E-state index in [1.54, 1.807) is 4.90 Å². The molecular formula is C26H32ClF3N4O4S. The number of amides is 2. The van der Waals surface area contributed by atoms with Crippen LogP contribution in [-0.2, 0) is 33.9 Å². The molecule has 1 aliphatic heterocycles. The molecule has 1 heterocycles. The number of carbonyl (C=O) groups is 2. The zero-order valence-corrected chi connectivity index (χ0v) is 23.2. The maximum Gasteiger partial charge on any atom is 0.416 e. The van der Waals surface area contributed by atoms with E-state index >= 15 is 0 Å². The fourth-order valence-electron chi connectivity index (χ4n) is 4.40. The van der Waals surface area contributed by atoms with Crippen molar-refractivity contribution in [2.75, 3.05) is 12.3 Å². The normalized spacial score (nSPS) is 17.5. The zero-order chi connectivity index (χ0) is 29.0. The quantitative estimate of drug-likeness (QED) is 0.409. The monoisotopic (exact) mass is 588 g/mol. The molecule has 1 fully saturated rings. The summed E-state index contributed by atoms with van der Waals surface area (Å²) in [6.07, 6.45) is -3.01. The molecule has 2 aromatic rings. The molecule has 1 aliphatic rings. The molecule has 0 aromatic heterocycles. The molecule has 39 heavy (non-hydrogen) atoms. The third-order valence-electron chi connectivity index (χ3n) is 6.56. The van der Waals surface area contributed by atoms with Crippen LogP contribution < -0.4 is 16.4 Å². The lowest BCUT2D eigenvalue weighted by molar-refractivity contribution is -0.138. The maximum absolute atomic E-state index is 14.1. The van der Waals surface area contributed by atoms with Gasteiger partial charge in [-0.1, -0.05) is 24.6 Å². The van der Waals surface area contributed by atoms with E-state index in [2.05, 4.69) is 10.6 Å². The van der Waals surface area contributed by atoms with Crippen molar-refractivity contribution in [1.29, 1.82) is 0 Å². The van der Waals surface area contributed by atoms with Gasteiger partial charge in [-0.15, -0.1) is 0 Å². The molecule has 4 N–H and O–H groups in total. The van der Waals surface area contributed by atoms with Gasteiger partial charge in [0.15, 0.2) is 9.84 Å². The third kappa shape index (κ3) is 7.93. The van der Waals surface area contributed by atoms with Crippen molar-refractivity contribution in [3.8, 4) is 0 Å². The van der Waals surface area contributed by atoms with Crippen LogP contribution in [0.4, 0.5) is 13.2 Å². The SMILES string of the molecule is CCS(=O)(=O)c1ccc(Cl)cc1CNC(=O)c1ccc(CN2CCCC[C@@H]2NC(=O)[C@@H](C)N)c(C(F)(F)F)c1. The van der Waals surface area contributed by atoms with Crippen LogP contribution in [0.25, 0.3) is 0 Å². The molecule has 0 radical (unpaired) electrons. The molecule has 2 amide bonds. The smallest absolute Gasteiger partial charge is 0.348 e. The van der Waals surface area contributed by atoms with Gasteiger partial charge in [0.05, 0.1) is 28.4 Å². The fraction of sp³-hybridized carbons (Fsp3) is 0.462. The predicted octanol–water partition coefficient (Wildman–Crippen LogP) is 3.86. The maximum atomic E-state index is 14.1. The number of hydrogen-bond acceptors (Lipinski definition) is 6. The molecule has 2 atom stereocenters. The topological polar surface area (TPSA) is 122 Å². The molecule has 0 spiro atoms. The Morgan fingerprint density at radius 2 is 1.87 bits per heavy atom. The van der Waals surface area contributed by atoms with E-state index in [4.69, 9.17) is 17.3 Å². The summed E-state index contributed by atoms with van der Waals surface area (Å²) in [5.74, 6) is -1.35. The van der Waals surface area contributed by atoms with E-state index in [-0.39, 0.29) is 51.4 Å². The minimum absolute atomic E-state index is 0.00626. The summed E-state index contributed by atoms with van der Waals surface area (Å²) >= 11 is 6.00. The van der Waals surface area contributed by atoms with Crippen LogP contribution in [0.1, 0.15) is 60.2 Å². The number of nitrogens with zero attached hydrogens (tertiary/aromatic N) is 1. The second kappa shape index (κ2) is 12.7. The van der Waals surface area contributed by atoms with E-state index in [1.165, 1.54) is 44.2 Å². The van der Waals surface area contributed by atoms with Crippen molar-refractivity contribution >= 4 is 33.3 Å². The minimum Gasteiger partial charge on any atom is -0.348 e. The lowest BCUT2D eigenvalue weighted by Crippen LogP contribution is -2.53. The van der Waals surface area contributed by atoms with Gasteiger partial charge >= 0.3 is 6.18 Å². The highest BCUT2D eigenvalue weighted by Gasteiger charge is 2.35. The Hall–Kier alpha value is -2.67. The summed E-state index contributed by atoms with van der Waals surface area (Å²) in [5.41, 5.74) is 4.63. The van der Waals surface area contributed by atoms with Crippen LogP contribution in [0.5, 0.6) is 0 Å². The highest BCUT2D eigenvalue weighted by Crippen LogP contribution is 2.34. The summed E-state index contributed by atoms with van der Waals surface area (Å²) in [7, 11) is -3.62. The lowest BCUT2D eigenvalue weighted by Gasteiger charge is -2.37. The number of benzene rings is 2. The van der Waals surface area contributed by atoms with E-state index in [0.29, 0.717) is 13.0 Å². The van der Waals surface area contributed by atoms with E-state index < -0.39 is 39.7 Å². The van der Waals surface area contributed by atoms with Crippen molar-refractivity contribution in [3.05, 3.63) is 63.7 Å². The molecule has 0 bridgehead atoms. The number of rotatable bonds is 9. The first kappa shape index (κ1) is 30.9. The Balaban J connectivity index is 1.83. The molecule has 0 saturated carbocycles. The largest absolute Gasteiger partial charge is 0.416 e. The number of alkyl halides is 3. The fourth-order valence-corrected chi connectivity index (χ4v) is 5.71. The van der Waals surface area contributed by atoms with Crippen molar-refractivity contribution in [3.63, 3.8) is 0 Å². The summed E-state index contributed by atoms with van der Waals surface area (Å²) in [6, 6.07) is 6.73. The van der Waals surface area contributed by atoms with Gasteiger partial charge in [-0.3, -0.25) is 14.5 Å². The van der Waals surface area contributed by atoms with Crippen molar-refractivity contribution in [2.24, 2.45) is 5.73 Å². The number of sulfone groups is 1. The van der Waals surface area contributed by atoms with Gasteiger partial charge < -0.3 is 16.4 Å². The second-order valence-corrected chi connectivity index (χ2v) is 12.2. The van der Waals surface area contributed by atoms with Gasteiger partial charge in [0.25, 0.3) is 5.91 Å². The van der Waals surface area contributed by atoms with Crippen molar-refractivity contribution < 1.29 is 31.2 Å². The number of nitrogens with two attached hydrogens (primary N) is 1. The first-order chi connectivity index (χ1) is 18.2. The molecule has 1 saturated heterocycles. The van der Waals surface area contributed by atoms with Gasteiger partial charge in [-0.05, 0) is 67.6 Å². The third-order valence-corrected chi connectivity index (χ3v) is 8.63. The number of carbonyl (C=O) groups excluding carboxylic acids is 2. The van der Waals surface area contributed by atoms with E-state index in [9.17, 15) is 31.2 Å². The van der Waals surface area contributed by atoms with Gasteiger partial charge in [0, 0.05) is 30.2 Å². The number of piperidine rings is 1. The van der Waals surface area contributed by atoms with Gasteiger partial charge in [-0.25, -0.2) is 8.42 Å². The molecule has 3 rings (SSSR count). The Labute approximate surface area is 231 Å².